The zero-order valence-electron chi connectivity index (χ0n) is 16.7. The van der Waals surface area contributed by atoms with Gasteiger partial charge in [-0.1, -0.05) is 18.2 Å². The quantitative estimate of drug-likeness (QED) is 0.812. The summed E-state index contributed by atoms with van der Waals surface area (Å²) in [4.78, 5) is 22.6. The van der Waals surface area contributed by atoms with E-state index in [4.69, 9.17) is 9.47 Å². The van der Waals surface area contributed by atoms with Crippen LogP contribution >= 0.6 is 0 Å². The van der Waals surface area contributed by atoms with Gasteiger partial charge in [-0.15, -0.1) is 0 Å². The first-order valence-electron chi connectivity index (χ1n) is 9.23. The zero-order valence-corrected chi connectivity index (χ0v) is 16.7. The Labute approximate surface area is 160 Å². The number of aryl methyl sites for hydroxylation is 1. The molecule has 0 bridgehead atoms. The average Bonchev–Trinajstić information content (AvgIpc) is 2.61. The van der Waals surface area contributed by atoms with Crippen molar-refractivity contribution in [1.29, 1.82) is 0 Å². The SMILES string of the molecule is Cc1ncc(-c2cccc3c2OCC[C@H]3CN(C)C(=O)OC(C)(C)C)cn1. The van der Waals surface area contributed by atoms with Gasteiger partial charge in [0.15, 0.2) is 0 Å². The number of benzene rings is 1. The molecule has 0 unspecified atom stereocenters. The van der Waals surface area contributed by atoms with Crippen molar-refractivity contribution in [2.45, 2.75) is 45.6 Å². The van der Waals surface area contributed by atoms with E-state index in [1.54, 1.807) is 11.9 Å². The molecule has 1 aromatic carbocycles. The van der Waals surface area contributed by atoms with Crippen LogP contribution in [0.5, 0.6) is 5.75 Å². The van der Waals surface area contributed by atoms with Gasteiger partial charge in [-0.25, -0.2) is 14.8 Å². The molecule has 6 nitrogen and oxygen atoms in total. The molecule has 1 aliphatic heterocycles. The van der Waals surface area contributed by atoms with E-state index in [0.717, 1.165) is 34.7 Å². The number of para-hydroxylation sites is 1. The maximum absolute atomic E-state index is 12.3. The number of likely N-dealkylation sites (N-methyl/N-ethyl adjacent to an activating group) is 1. The first-order valence-corrected chi connectivity index (χ1v) is 9.23. The van der Waals surface area contributed by atoms with Crippen LogP contribution in [0.15, 0.2) is 30.6 Å². The lowest BCUT2D eigenvalue weighted by Gasteiger charge is -2.31. The minimum Gasteiger partial charge on any atom is -0.493 e. The molecule has 1 aromatic heterocycles. The van der Waals surface area contributed by atoms with E-state index in [1.165, 1.54) is 0 Å². The maximum atomic E-state index is 12.3. The second-order valence-electron chi connectivity index (χ2n) is 7.94. The fraction of sp³-hybridized carbons (Fsp3) is 0.476. The molecular formula is C21H27N3O3. The smallest absolute Gasteiger partial charge is 0.410 e. The largest absolute Gasteiger partial charge is 0.493 e. The number of aromatic nitrogens is 2. The third-order valence-electron chi connectivity index (χ3n) is 4.49. The maximum Gasteiger partial charge on any atom is 0.410 e. The summed E-state index contributed by atoms with van der Waals surface area (Å²) < 4.78 is 11.5. The van der Waals surface area contributed by atoms with Gasteiger partial charge < -0.3 is 14.4 Å². The van der Waals surface area contributed by atoms with Crippen molar-refractivity contribution in [3.63, 3.8) is 0 Å². The molecule has 0 saturated heterocycles. The number of hydrogen-bond donors (Lipinski definition) is 0. The molecule has 0 aliphatic carbocycles. The predicted molar refractivity (Wildman–Crippen MR) is 104 cm³/mol. The van der Waals surface area contributed by atoms with E-state index in [1.807, 2.05) is 52.2 Å². The number of carbonyl (C=O) groups excluding carboxylic acids is 1. The Morgan fingerprint density at radius 1 is 1.30 bits per heavy atom. The van der Waals surface area contributed by atoms with E-state index in [-0.39, 0.29) is 12.0 Å². The van der Waals surface area contributed by atoms with Crippen LogP contribution < -0.4 is 4.74 Å². The summed E-state index contributed by atoms with van der Waals surface area (Å²) in [5.74, 6) is 1.79. The van der Waals surface area contributed by atoms with Crippen molar-refractivity contribution in [2.75, 3.05) is 20.2 Å². The van der Waals surface area contributed by atoms with Crippen LogP contribution in [0.2, 0.25) is 0 Å². The fourth-order valence-electron chi connectivity index (χ4n) is 3.19. The van der Waals surface area contributed by atoms with Gasteiger partial charge in [0, 0.05) is 43.0 Å². The Morgan fingerprint density at radius 2 is 2.00 bits per heavy atom. The lowest BCUT2D eigenvalue weighted by atomic mass is 9.89. The van der Waals surface area contributed by atoms with Gasteiger partial charge in [-0.2, -0.15) is 0 Å². The van der Waals surface area contributed by atoms with Crippen LogP contribution in [0.1, 0.15) is 44.5 Å². The summed E-state index contributed by atoms with van der Waals surface area (Å²) in [7, 11) is 1.78. The summed E-state index contributed by atoms with van der Waals surface area (Å²) >= 11 is 0. The van der Waals surface area contributed by atoms with Gasteiger partial charge in [0.2, 0.25) is 0 Å². The lowest BCUT2D eigenvalue weighted by Crippen LogP contribution is -2.37. The molecule has 1 aliphatic rings. The van der Waals surface area contributed by atoms with Crippen LogP contribution in [0, 0.1) is 6.92 Å². The number of rotatable bonds is 3. The summed E-state index contributed by atoms with van der Waals surface area (Å²) in [6, 6.07) is 6.11. The molecule has 6 heteroatoms. The van der Waals surface area contributed by atoms with Gasteiger partial charge in [-0.05, 0) is 39.7 Å². The van der Waals surface area contributed by atoms with Gasteiger partial charge >= 0.3 is 6.09 Å². The standard InChI is InChI=1S/C21H27N3O3/c1-14-22-11-16(12-23-14)18-8-6-7-17-15(9-10-26-19(17)18)13-24(5)20(25)27-21(2,3)4/h6-8,11-12,15H,9-10,13H2,1-5H3/t15-/m0/s1. The third-order valence-corrected chi connectivity index (χ3v) is 4.49. The molecule has 1 atom stereocenters. The highest BCUT2D eigenvalue weighted by Crippen LogP contribution is 2.41. The van der Waals surface area contributed by atoms with Crippen molar-refractivity contribution >= 4 is 6.09 Å². The van der Waals surface area contributed by atoms with Gasteiger partial charge in [0.05, 0.1) is 6.61 Å². The second kappa shape index (κ2) is 7.55. The Balaban J connectivity index is 1.83. The highest BCUT2D eigenvalue weighted by molar-refractivity contribution is 5.72. The molecule has 144 valence electrons. The Morgan fingerprint density at radius 3 is 2.67 bits per heavy atom. The molecule has 0 N–H and O–H groups in total. The first kappa shape index (κ1) is 19.1. The Hall–Kier alpha value is -2.63. The van der Waals surface area contributed by atoms with Crippen LogP contribution in [-0.2, 0) is 4.74 Å². The van der Waals surface area contributed by atoms with Crippen LogP contribution in [0.25, 0.3) is 11.1 Å². The minimum atomic E-state index is -0.502. The first-order chi connectivity index (χ1) is 12.7. The molecule has 3 rings (SSSR count). The Bertz CT molecular complexity index is 812. The van der Waals surface area contributed by atoms with Gasteiger partial charge in [0.1, 0.15) is 17.2 Å². The number of nitrogens with zero attached hydrogens (tertiary/aromatic N) is 3. The monoisotopic (exact) mass is 369 g/mol. The molecule has 2 heterocycles. The van der Waals surface area contributed by atoms with Crippen molar-refractivity contribution in [3.05, 3.63) is 42.0 Å². The molecule has 27 heavy (non-hydrogen) atoms. The zero-order chi connectivity index (χ0) is 19.6. The second-order valence-corrected chi connectivity index (χ2v) is 7.94. The molecule has 0 saturated carbocycles. The average molecular weight is 369 g/mol. The summed E-state index contributed by atoms with van der Waals surface area (Å²) in [6.45, 7) is 8.68. The molecule has 0 spiro atoms. The summed E-state index contributed by atoms with van der Waals surface area (Å²) in [5, 5.41) is 0. The normalized spacial score (nSPS) is 16.3. The number of hydrogen-bond acceptors (Lipinski definition) is 5. The molecule has 0 radical (unpaired) electrons. The van der Waals surface area contributed by atoms with Crippen molar-refractivity contribution in [2.24, 2.45) is 0 Å². The molecule has 0 fully saturated rings. The van der Waals surface area contributed by atoms with Crippen LogP contribution in [0.4, 0.5) is 4.79 Å². The molecular weight excluding hydrogens is 342 g/mol. The van der Waals surface area contributed by atoms with Gasteiger partial charge in [0.25, 0.3) is 0 Å². The third kappa shape index (κ3) is 4.56. The van der Waals surface area contributed by atoms with Crippen molar-refractivity contribution in [3.8, 4) is 16.9 Å². The molecule has 2 aromatic rings. The van der Waals surface area contributed by atoms with E-state index in [9.17, 15) is 4.79 Å². The van der Waals surface area contributed by atoms with Crippen molar-refractivity contribution in [1.82, 2.24) is 14.9 Å². The molecule has 1 amide bonds. The number of amides is 1. The van der Waals surface area contributed by atoms with Gasteiger partial charge in [-0.3, -0.25) is 0 Å². The van der Waals surface area contributed by atoms with E-state index < -0.39 is 5.60 Å². The lowest BCUT2D eigenvalue weighted by molar-refractivity contribution is 0.0281. The predicted octanol–water partition coefficient (Wildman–Crippen LogP) is 4.19. The number of fused-ring (bicyclic) bond motifs is 1. The highest BCUT2D eigenvalue weighted by atomic mass is 16.6. The Kier molecular flexibility index (Phi) is 5.35. The minimum absolute atomic E-state index is 0.192. The number of carbonyl (C=O) groups is 1. The topological polar surface area (TPSA) is 64.5 Å². The van der Waals surface area contributed by atoms with Crippen molar-refractivity contribution < 1.29 is 14.3 Å². The summed E-state index contributed by atoms with van der Waals surface area (Å²) in [6.07, 6.45) is 4.18. The van der Waals surface area contributed by atoms with E-state index >= 15 is 0 Å². The van der Waals surface area contributed by atoms with E-state index in [0.29, 0.717) is 13.2 Å². The number of ether oxygens (including phenoxy) is 2. The van der Waals surface area contributed by atoms with Crippen LogP contribution in [0.3, 0.4) is 0 Å². The highest BCUT2D eigenvalue weighted by Gasteiger charge is 2.28. The van der Waals surface area contributed by atoms with E-state index in [2.05, 4.69) is 16.0 Å². The van der Waals surface area contributed by atoms with Crippen LogP contribution in [-0.4, -0.2) is 46.8 Å². The summed E-state index contributed by atoms with van der Waals surface area (Å²) in [5.41, 5.74) is 2.52. The fourth-order valence-corrected chi connectivity index (χ4v) is 3.19.